The number of rotatable bonds is 8. The fourth-order valence-electron chi connectivity index (χ4n) is 3.83. The van der Waals surface area contributed by atoms with Crippen molar-refractivity contribution in [1.29, 1.82) is 0 Å². The highest BCUT2D eigenvalue weighted by atomic mass is 79.9. The van der Waals surface area contributed by atoms with E-state index < -0.39 is 0 Å². The quantitative estimate of drug-likeness (QED) is 0.355. The Bertz CT molecular complexity index is 1210. The van der Waals surface area contributed by atoms with Gasteiger partial charge >= 0.3 is 0 Å². The van der Waals surface area contributed by atoms with Crippen LogP contribution in [0.5, 0.6) is 5.75 Å². The van der Waals surface area contributed by atoms with Crippen LogP contribution >= 0.6 is 15.9 Å². The summed E-state index contributed by atoms with van der Waals surface area (Å²) in [6.07, 6.45) is 0.639. The second-order valence-corrected chi connectivity index (χ2v) is 8.77. The number of hydrogen-bond donors (Lipinski definition) is 1. The molecular formula is C26H26BrN3O2. The maximum absolute atomic E-state index is 12.4. The van der Waals surface area contributed by atoms with Crippen molar-refractivity contribution in [1.82, 2.24) is 14.9 Å². The van der Waals surface area contributed by atoms with Crippen molar-refractivity contribution in [3.63, 3.8) is 0 Å². The first kappa shape index (κ1) is 22.1. The van der Waals surface area contributed by atoms with E-state index in [0.29, 0.717) is 31.7 Å². The first-order chi connectivity index (χ1) is 15.5. The summed E-state index contributed by atoms with van der Waals surface area (Å²) in [6, 6.07) is 21.7. The molecule has 3 aromatic carbocycles. The molecule has 1 amide bonds. The van der Waals surface area contributed by atoms with Crippen LogP contribution in [0.3, 0.4) is 0 Å². The number of para-hydroxylation sites is 2. The van der Waals surface area contributed by atoms with Gasteiger partial charge in [0, 0.05) is 23.0 Å². The molecule has 0 radical (unpaired) electrons. The van der Waals surface area contributed by atoms with Crippen molar-refractivity contribution in [2.45, 2.75) is 26.8 Å². The summed E-state index contributed by atoms with van der Waals surface area (Å²) in [5.74, 6) is 1.74. The van der Waals surface area contributed by atoms with Gasteiger partial charge in [0.05, 0.1) is 17.6 Å². The van der Waals surface area contributed by atoms with Crippen molar-refractivity contribution in [3.8, 4) is 5.75 Å². The van der Waals surface area contributed by atoms with E-state index in [2.05, 4.69) is 63.9 Å². The number of aromatic nitrogens is 2. The molecule has 0 aliphatic rings. The van der Waals surface area contributed by atoms with E-state index in [-0.39, 0.29) is 5.91 Å². The number of ether oxygens (including phenoxy) is 1. The Kier molecular flexibility index (Phi) is 6.90. The lowest BCUT2D eigenvalue weighted by Crippen LogP contribution is -2.26. The van der Waals surface area contributed by atoms with Gasteiger partial charge in [0.1, 0.15) is 18.2 Å². The maximum atomic E-state index is 12.4. The van der Waals surface area contributed by atoms with Crippen LogP contribution in [0.25, 0.3) is 11.0 Å². The van der Waals surface area contributed by atoms with Crippen LogP contribution in [0.4, 0.5) is 0 Å². The van der Waals surface area contributed by atoms with Crippen LogP contribution in [0, 0.1) is 13.8 Å². The SMILES string of the molecule is Cc1cc(C)cc(OCCn2c(CCNC(=O)c3ccc(Br)cc3)nc3ccccc32)c1. The second-order valence-electron chi connectivity index (χ2n) is 7.85. The van der Waals surface area contributed by atoms with Gasteiger partial charge in [-0.15, -0.1) is 0 Å². The number of halogens is 1. The molecule has 0 bridgehead atoms. The van der Waals surface area contributed by atoms with E-state index in [1.54, 1.807) is 12.1 Å². The Balaban J connectivity index is 1.42. The molecule has 1 aromatic heterocycles. The minimum absolute atomic E-state index is 0.0849. The van der Waals surface area contributed by atoms with Crippen molar-refractivity contribution in [2.24, 2.45) is 0 Å². The first-order valence-electron chi connectivity index (χ1n) is 10.7. The number of amides is 1. The molecule has 0 spiro atoms. The molecule has 4 aromatic rings. The fraction of sp³-hybridized carbons (Fsp3) is 0.231. The normalized spacial score (nSPS) is 11.0. The van der Waals surface area contributed by atoms with Gasteiger partial charge in [0.2, 0.25) is 0 Å². The molecule has 1 heterocycles. The lowest BCUT2D eigenvalue weighted by atomic mass is 10.1. The van der Waals surface area contributed by atoms with E-state index in [0.717, 1.165) is 27.1 Å². The number of carbonyl (C=O) groups is 1. The molecule has 1 N–H and O–H groups in total. The smallest absolute Gasteiger partial charge is 0.251 e. The number of nitrogens with one attached hydrogen (secondary N) is 1. The highest BCUT2D eigenvalue weighted by molar-refractivity contribution is 9.10. The fourth-order valence-corrected chi connectivity index (χ4v) is 4.09. The summed E-state index contributed by atoms with van der Waals surface area (Å²) in [4.78, 5) is 17.2. The molecule has 0 saturated heterocycles. The van der Waals surface area contributed by atoms with Gasteiger partial charge in [-0.05, 0) is 73.5 Å². The van der Waals surface area contributed by atoms with Gasteiger partial charge in [-0.25, -0.2) is 4.98 Å². The average molecular weight is 492 g/mol. The van der Waals surface area contributed by atoms with Gasteiger partial charge in [0.25, 0.3) is 5.91 Å². The standard InChI is InChI=1S/C26H26BrN3O2/c1-18-15-19(2)17-22(16-18)32-14-13-30-24-6-4-3-5-23(24)29-25(30)11-12-28-26(31)20-7-9-21(27)10-8-20/h3-10,15-17H,11-14H2,1-2H3,(H,28,31). The molecule has 0 fully saturated rings. The summed E-state index contributed by atoms with van der Waals surface area (Å²) in [6.45, 7) is 5.88. The summed E-state index contributed by atoms with van der Waals surface area (Å²) >= 11 is 3.39. The van der Waals surface area contributed by atoms with Crippen LogP contribution < -0.4 is 10.1 Å². The van der Waals surface area contributed by atoms with Crippen molar-refractivity contribution in [2.75, 3.05) is 13.2 Å². The van der Waals surface area contributed by atoms with Crippen LogP contribution in [0.15, 0.2) is 71.2 Å². The molecule has 0 saturated carbocycles. The number of imidazole rings is 1. The summed E-state index contributed by atoms with van der Waals surface area (Å²) < 4.78 is 9.17. The van der Waals surface area contributed by atoms with Crippen molar-refractivity contribution in [3.05, 3.63) is 93.7 Å². The molecule has 5 nitrogen and oxygen atoms in total. The Morgan fingerprint density at radius 3 is 2.50 bits per heavy atom. The molecule has 32 heavy (non-hydrogen) atoms. The van der Waals surface area contributed by atoms with E-state index >= 15 is 0 Å². The number of fused-ring (bicyclic) bond motifs is 1. The third-order valence-electron chi connectivity index (χ3n) is 5.25. The second kappa shape index (κ2) is 10.0. The molecule has 6 heteroatoms. The molecular weight excluding hydrogens is 466 g/mol. The van der Waals surface area contributed by atoms with Gasteiger partial charge in [0.15, 0.2) is 0 Å². The van der Waals surface area contributed by atoms with Crippen LogP contribution in [-0.2, 0) is 13.0 Å². The molecule has 0 atom stereocenters. The Hall–Kier alpha value is -3.12. The minimum Gasteiger partial charge on any atom is -0.492 e. The monoisotopic (exact) mass is 491 g/mol. The van der Waals surface area contributed by atoms with Crippen LogP contribution in [-0.4, -0.2) is 28.6 Å². The van der Waals surface area contributed by atoms with E-state index in [1.165, 1.54) is 11.1 Å². The van der Waals surface area contributed by atoms with Crippen molar-refractivity contribution >= 4 is 32.9 Å². The third-order valence-corrected chi connectivity index (χ3v) is 5.78. The Labute approximate surface area is 196 Å². The highest BCUT2D eigenvalue weighted by Gasteiger charge is 2.12. The van der Waals surface area contributed by atoms with Gasteiger partial charge in [-0.1, -0.05) is 34.1 Å². The van der Waals surface area contributed by atoms with E-state index in [9.17, 15) is 4.79 Å². The van der Waals surface area contributed by atoms with Crippen LogP contribution in [0.1, 0.15) is 27.3 Å². The lowest BCUT2D eigenvalue weighted by Gasteiger charge is -2.12. The Morgan fingerprint density at radius 2 is 1.75 bits per heavy atom. The molecule has 0 aliphatic heterocycles. The zero-order valence-corrected chi connectivity index (χ0v) is 19.9. The van der Waals surface area contributed by atoms with Crippen LogP contribution in [0.2, 0.25) is 0 Å². The topological polar surface area (TPSA) is 56.1 Å². The molecule has 0 unspecified atom stereocenters. The summed E-state index contributed by atoms with van der Waals surface area (Å²) in [5.41, 5.74) is 5.05. The number of aryl methyl sites for hydroxylation is 2. The Morgan fingerprint density at radius 1 is 1.03 bits per heavy atom. The minimum atomic E-state index is -0.0849. The molecule has 164 valence electrons. The molecule has 4 rings (SSSR count). The maximum Gasteiger partial charge on any atom is 0.251 e. The third kappa shape index (κ3) is 5.37. The largest absolute Gasteiger partial charge is 0.492 e. The average Bonchev–Trinajstić information content (AvgIpc) is 3.11. The van der Waals surface area contributed by atoms with Gasteiger partial charge < -0.3 is 14.6 Å². The van der Waals surface area contributed by atoms with Crippen molar-refractivity contribution < 1.29 is 9.53 Å². The van der Waals surface area contributed by atoms with Gasteiger partial charge in [-0.3, -0.25) is 4.79 Å². The highest BCUT2D eigenvalue weighted by Crippen LogP contribution is 2.19. The van der Waals surface area contributed by atoms with Gasteiger partial charge in [-0.2, -0.15) is 0 Å². The summed E-state index contributed by atoms with van der Waals surface area (Å²) in [5, 5.41) is 2.99. The van der Waals surface area contributed by atoms with E-state index in [1.807, 2.05) is 30.3 Å². The predicted molar refractivity (Wildman–Crippen MR) is 131 cm³/mol. The number of hydrogen-bond acceptors (Lipinski definition) is 3. The number of nitrogens with zero attached hydrogens (tertiary/aromatic N) is 2. The summed E-state index contributed by atoms with van der Waals surface area (Å²) in [7, 11) is 0. The zero-order valence-electron chi connectivity index (χ0n) is 18.3. The van der Waals surface area contributed by atoms with E-state index in [4.69, 9.17) is 9.72 Å². The predicted octanol–water partition coefficient (Wildman–Crippen LogP) is 5.47. The lowest BCUT2D eigenvalue weighted by molar-refractivity contribution is 0.0954. The first-order valence-corrected chi connectivity index (χ1v) is 11.5. The number of carbonyl (C=O) groups excluding carboxylic acids is 1. The zero-order chi connectivity index (χ0) is 22.5. The molecule has 0 aliphatic carbocycles. The number of benzene rings is 3.